The predicted octanol–water partition coefficient (Wildman–Crippen LogP) is 4.25. The highest BCUT2D eigenvalue weighted by Gasteiger charge is 2.57. The summed E-state index contributed by atoms with van der Waals surface area (Å²) in [5.41, 5.74) is -2.08. The Morgan fingerprint density at radius 2 is 1.28 bits per heavy atom. The van der Waals surface area contributed by atoms with Crippen molar-refractivity contribution in [1.82, 2.24) is 5.32 Å². The Hall–Kier alpha value is -4.86. The minimum atomic E-state index is -2.50. The molecular weight excluding hydrogens is 504 g/mol. The maximum absolute atomic E-state index is 13.7. The van der Waals surface area contributed by atoms with E-state index in [0.29, 0.717) is 5.56 Å². The normalized spacial score (nSPS) is 11.6. The number of amides is 1. The van der Waals surface area contributed by atoms with Crippen molar-refractivity contribution >= 4 is 29.3 Å². The zero-order chi connectivity index (χ0) is 28.4. The molecule has 202 valence electrons. The number of benzene rings is 3. The van der Waals surface area contributed by atoms with Crippen LogP contribution in [-0.2, 0) is 19.1 Å². The Kier molecular flexibility index (Phi) is 9.63. The molecule has 10 nitrogen and oxygen atoms in total. The number of ether oxygens (including phenoxy) is 2. The molecule has 10 heteroatoms. The molecule has 1 atom stereocenters. The van der Waals surface area contributed by atoms with E-state index < -0.39 is 46.4 Å². The summed E-state index contributed by atoms with van der Waals surface area (Å²) in [7, 11) is 0. The van der Waals surface area contributed by atoms with Gasteiger partial charge in [0.25, 0.3) is 11.6 Å². The average molecular weight is 533 g/mol. The number of Topliss-reactive ketones (excluding diaryl/α,β-unsaturated/α-hetero) is 1. The van der Waals surface area contributed by atoms with Crippen LogP contribution in [0.5, 0.6) is 0 Å². The third-order valence-corrected chi connectivity index (χ3v) is 6.06. The Labute approximate surface area is 225 Å². The summed E-state index contributed by atoms with van der Waals surface area (Å²) in [6, 6.07) is 21.2. The number of nitrogens with one attached hydrogen (secondary N) is 1. The largest absolute Gasteiger partial charge is 0.464 e. The molecule has 0 saturated heterocycles. The van der Waals surface area contributed by atoms with Crippen molar-refractivity contribution in [1.29, 1.82) is 0 Å². The standard InChI is InChI=1S/C29H28N2O8/c1-3-38-27(34)29(28(35)39-4-2,30-26(33)22-13-9-6-10-14-22)24(19-25(32)21-11-7-5-8-12-21)20-15-17-23(18-16-20)31(36)37/h5-18,24H,3-4,19H2,1-2H3,(H,30,33). The van der Waals surface area contributed by atoms with E-state index in [9.17, 15) is 29.3 Å². The van der Waals surface area contributed by atoms with Crippen LogP contribution in [0.3, 0.4) is 0 Å². The van der Waals surface area contributed by atoms with E-state index in [1.165, 1.54) is 50.2 Å². The molecule has 0 radical (unpaired) electrons. The summed E-state index contributed by atoms with van der Waals surface area (Å²) in [5.74, 6) is -4.83. The molecule has 0 aliphatic heterocycles. The summed E-state index contributed by atoms with van der Waals surface area (Å²) in [5, 5.41) is 13.8. The van der Waals surface area contributed by atoms with Crippen molar-refractivity contribution in [2.24, 2.45) is 0 Å². The van der Waals surface area contributed by atoms with Gasteiger partial charge in [0.2, 0.25) is 5.54 Å². The van der Waals surface area contributed by atoms with Gasteiger partial charge in [0.05, 0.1) is 18.1 Å². The molecule has 3 rings (SSSR count). The molecule has 1 unspecified atom stereocenters. The molecule has 0 aromatic heterocycles. The zero-order valence-electron chi connectivity index (χ0n) is 21.5. The SMILES string of the molecule is CCOC(=O)C(NC(=O)c1ccccc1)(C(=O)OCC)C(CC(=O)c1ccccc1)c1ccc([N+](=O)[O-])cc1. The number of hydrogen-bond acceptors (Lipinski definition) is 8. The monoisotopic (exact) mass is 532 g/mol. The third-order valence-electron chi connectivity index (χ3n) is 6.06. The maximum Gasteiger partial charge on any atom is 0.344 e. The number of nitro benzene ring substituents is 1. The number of nitro groups is 1. The first-order chi connectivity index (χ1) is 18.7. The van der Waals surface area contributed by atoms with Crippen LogP contribution in [0.25, 0.3) is 0 Å². The smallest absolute Gasteiger partial charge is 0.344 e. The van der Waals surface area contributed by atoms with Crippen LogP contribution in [0.1, 0.15) is 52.5 Å². The quantitative estimate of drug-likeness (QED) is 0.120. The molecule has 3 aromatic carbocycles. The van der Waals surface area contributed by atoms with Gasteiger partial charge in [-0.2, -0.15) is 0 Å². The lowest BCUT2D eigenvalue weighted by molar-refractivity contribution is -0.384. The molecule has 0 aliphatic carbocycles. The van der Waals surface area contributed by atoms with E-state index in [2.05, 4.69) is 5.32 Å². The average Bonchev–Trinajstić information content (AvgIpc) is 2.95. The third kappa shape index (κ3) is 6.53. The molecule has 0 spiro atoms. The Bertz CT molecular complexity index is 1310. The van der Waals surface area contributed by atoms with Crippen molar-refractivity contribution < 1.29 is 33.6 Å². The van der Waals surface area contributed by atoms with E-state index in [1.807, 2.05) is 0 Å². The van der Waals surface area contributed by atoms with Crippen molar-refractivity contribution in [3.8, 4) is 0 Å². The lowest BCUT2D eigenvalue weighted by Gasteiger charge is -2.37. The molecule has 0 aliphatic rings. The summed E-state index contributed by atoms with van der Waals surface area (Å²) in [6.45, 7) is 2.79. The summed E-state index contributed by atoms with van der Waals surface area (Å²) in [4.78, 5) is 64.9. The Morgan fingerprint density at radius 3 is 1.74 bits per heavy atom. The van der Waals surface area contributed by atoms with E-state index in [1.54, 1.807) is 48.5 Å². The molecule has 1 N–H and O–H groups in total. The van der Waals surface area contributed by atoms with Crippen LogP contribution in [0.4, 0.5) is 5.69 Å². The number of esters is 2. The molecule has 0 bridgehead atoms. The van der Waals surface area contributed by atoms with Crippen molar-refractivity contribution in [2.75, 3.05) is 13.2 Å². The molecular formula is C29H28N2O8. The first-order valence-electron chi connectivity index (χ1n) is 12.3. The van der Waals surface area contributed by atoms with Gasteiger partial charge >= 0.3 is 11.9 Å². The summed E-state index contributed by atoms with van der Waals surface area (Å²) < 4.78 is 10.6. The number of nitrogens with zero attached hydrogens (tertiary/aromatic N) is 1. The Morgan fingerprint density at radius 1 is 0.795 bits per heavy atom. The highest BCUT2D eigenvalue weighted by molar-refractivity contribution is 6.12. The minimum Gasteiger partial charge on any atom is -0.464 e. The molecule has 0 heterocycles. The first kappa shape index (κ1) is 28.7. The number of non-ortho nitro benzene ring substituents is 1. The predicted molar refractivity (Wildman–Crippen MR) is 141 cm³/mol. The molecule has 0 fully saturated rings. The summed E-state index contributed by atoms with van der Waals surface area (Å²) in [6.07, 6.45) is -0.436. The van der Waals surface area contributed by atoms with Crippen LogP contribution in [0.15, 0.2) is 84.9 Å². The highest BCUT2D eigenvalue weighted by atomic mass is 16.6. The van der Waals surface area contributed by atoms with Gasteiger partial charge in [-0.1, -0.05) is 60.7 Å². The first-order valence-corrected chi connectivity index (χ1v) is 12.3. The minimum absolute atomic E-state index is 0.138. The fourth-order valence-corrected chi connectivity index (χ4v) is 4.16. The molecule has 39 heavy (non-hydrogen) atoms. The van der Waals surface area contributed by atoms with Crippen LogP contribution in [0, 0.1) is 10.1 Å². The second-order valence-corrected chi connectivity index (χ2v) is 8.46. The number of hydrogen-bond donors (Lipinski definition) is 1. The van der Waals surface area contributed by atoms with Gasteiger partial charge in [-0.3, -0.25) is 19.7 Å². The molecule has 0 saturated carbocycles. The van der Waals surface area contributed by atoms with E-state index in [4.69, 9.17) is 9.47 Å². The van der Waals surface area contributed by atoms with Gasteiger partial charge in [-0.15, -0.1) is 0 Å². The van der Waals surface area contributed by atoms with Gasteiger partial charge in [0.15, 0.2) is 5.78 Å². The number of rotatable bonds is 12. The fraction of sp³-hybridized carbons (Fsp3) is 0.241. The van der Waals surface area contributed by atoms with Gasteiger partial charge < -0.3 is 14.8 Å². The highest BCUT2D eigenvalue weighted by Crippen LogP contribution is 2.37. The Balaban J connectivity index is 2.25. The number of ketones is 1. The second-order valence-electron chi connectivity index (χ2n) is 8.46. The van der Waals surface area contributed by atoms with Crippen LogP contribution >= 0.6 is 0 Å². The van der Waals surface area contributed by atoms with Crippen LogP contribution < -0.4 is 5.32 Å². The van der Waals surface area contributed by atoms with Gasteiger partial charge in [-0.25, -0.2) is 9.59 Å². The molecule has 3 aromatic rings. The lowest BCUT2D eigenvalue weighted by Crippen LogP contribution is -2.65. The number of carbonyl (C=O) groups excluding carboxylic acids is 4. The van der Waals surface area contributed by atoms with E-state index in [0.717, 1.165) is 0 Å². The van der Waals surface area contributed by atoms with E-state index >= 15 is 0 Å². The van der Waals surface area contributed by atoms with E-state index in [-0.39, 0.29) is 30.0 Å². The maximum atomic E-state index is 13.7. The topological polar surface area (TPSA) is 142 Å². The lowest BCUT2D eigenvalue weighted by atomic mass is 9.75. The van der Waals surface area contributed by atoms with Gasteiger partial charge in [0, 0.05) is 35.6 Å². The van der Waals surface area contributed by atoms with Crippen LogP contribution in [-0.4, -0.2) is 47.3 Å². The van der Waals surface area contributed by atoms with Crippen molar-refractivity contribution in [2.45, 2.75) is 31.7 Å². The van der Waals surface area contributed by atoms with Crippen LogP contribution in [0.2, 0.25) is 0 Å². The zero-order valence-corrected chi connectivity index (χ0v) is 21.5. The fourth-order valence-electron chi connectivity index (χ4n) is 4.16. The van der Waals surface area contributed by atoms with Gasteiger partial charge in [-0.05, 0) is 31.5 Å². The number of carbonyl (C=O) groups is 4. The second kappa shape index (κ2) is 13.1. The summed E-state index contributed by atoms with van der Waals surface area (Å²) >= 11 is 0. The molecule has 1 amide bonds. The van der Waals surface area contributed by atoms with Crippen molar-refractivity contribution in [3.63, 3.8) is 0 Å². The van der Waals surface area contributed by atoms with Crippen molar-refractivity contribution in [3.05, 3.63) is 112 Å². The van der Waals surface area contributed by atoms with Gasteiger partial charge in [0.1, 0.15) is 0 Å².